The molecule has 0 aromatic rings. The predicted molar refractivity (Wildman–Crippen MR) is 62.5 cm³/mol. The first-order chi connectivity index (χ1) is 7.25. The first-order valence-electron chi connectivity index (χ1n) is 6.36. The Labute approximate surface area is 93.3 Å². The van der Waals surface area contributed by atoms with Gasteiger partial charge in [0.2, 0.25) is 0 Å². The molecule has 2 heteroatoms. The van der Waals surface area contributed by atoms with Gasteiger partial charge < -0.3 is 9.64 Å². The third-order valence-corrected chi connectivity index (χ3v) is 3.74. The number of nitrogens with zero attached hydrogens (tertiary/aromatic N) is 1. The molecule has 2 rings (SSSR count). The minimum atomic E-state index is 0.455. The highest BCUT2D eigenvalue weighted by Crippen LogP contribution is 2.26. The zero-order chi connectivity index (χ0) is 10.7. The molecule has 2 aliphatic rings. The van der Waals surface area contributed by atoms with Gasteiger partial charge in [0.25, 0.3) is 0 Å². The summed E-state index contributed by atoms with van der Waals surface area (Å²) in [6, 6.07) is 0. The zero-order valence-electron chi connectivity index (χ0n) is 9.87. The van der Waals surface area contributed by atoms with E-state index in [1.165, 1.54) is 38.5 Å². The van der Waals surface area contributed by atoms with Crippen LogP contribution in [0.1, 0.15) is 45.4 Å². The monoisotopic (exact) mass is 209 g/mol. The molecule has 0 unspecified atom stereocenters. The van der Waals surface area contributed by atoms with E-state index < -0.39 is 0 Å². The Bertz CT molecular complexity index is 213. The van der Waals surface area contributed by atoms with Crippen LogP contribution in [0.25, 0.3) is 0 Å². The lowest BCUT2D eigenvalue weighted by Gasteiger charge is -2.33. The molecule has 0 amide bonds. The van der Waals surface area contributed by atoms with Crippen LogP contribution in [0.2, 0.25) is 0 Å². The molecule has 2 nitrogen and oxygen atoms in total. The smallest absolute Gasteiger partial charge is 0.182 e. The summed E-state index contributed by atoms with van der Waals surface area (Å²) in [6.07, 6.45) is 8.13. The van der Waals surface area contributed by atoms with Gasteiger partial charge in [-0.25, -0.2) is 0 Å². The van der Waals surface area contributed by atoms with Crippen LogP contribution in [0, 0.1) is 5.92 Å². The van der Waals surface area contributed by atoms with E-state index in [1.54, 1.807) is 0 Å². The van der Waals surface area contributed by atoms with Crippen LogP contribution in [-0.4, -0.2) is 24.1 Å². The van der Waals surface area contributed by atoms with Crippen LogP contribution in [-0.2, 0) is 4.74 Å². The average Bonchev–Trinajstić information content (AvgIpc) is 2.71. The van der Waals surface area contributed by atoms with Gasteiger partial charge in [0.05, 0.1) is 0 Å². The second-order valence-corrected chi connectivity index (χ2v) is 5.09. The molecule has 86 valence electrons. The van der Waals surface area contributed by atoms with Gasteiger partial charge in [-0.05, 0) is 51.0 Å². The minimum Gasteiger partial charge on any atom is -0.476 e. The summed E-state index contributed by atoms with van der Waals surface area (Å²) in [5.41, 5.74) is 0. The van der Waals surface area contributed by atoms with Crippen LogP contribution in [0.15, 0.2) is 12.5 Å². The van der Waals surface area contributed by atoms with Crippen molar-refractivity contribution in [3.05, 3.63) is 12.5 Å². The number of hydrogen-bond acceptors (Lipinski definition) is 2. The van der Waals surface area contributed by atoms with E-state index in [1.807, 2.05) is 0 Å². The highest BCUT2D eigenvalue weighted by Gasteiger charge is 2.21. The summed E-state index contributed by atoms with van der Waals surface area (Å²) in [6.45, 7) is 8.67. The molecule has 2 fully saturated rings. The predicted octanol–water partition coefficient (Wildman–Crippen LogP) is 3.15. The summed E-state index contributed by atoms with van der Waals surface area (Å²) >= 11 is 0. The lowest BCUT2D eigenvalue weighted by atomic mass is 10.00. The van der Waals surface area contributed by atoms with E-state index >= 15 is 0 Å². The molecule has 0 aromatic heterocycles. The topological polar surface area (TPSA) is 12.5 Å². The molecule has 0 aromatic carbocycles. The van der Waals surface area contributed by atoms with Crippen LogP contribution < -0.4 is 0 Å². The van der Waals surface area contributed by atoms with E-state index in [9.17, 15) is 0 Å². The molecule has 0 atom stereocenters. The lowest BCUT2D eigenvalue weighted by molar-refractivity contribution is 0.0427. The number of ether oxygens (including phenoxy) is 1. The van der Waals surface area contributed by atoms with Crippen molar-refractivity contribution in [3.8, 4) is 0 Å². The Morgan fingerprint density at radius 2 is 1.73 bits per heavy atom. The first kappa shape index (κ1) is 10.8. The van der Waals surface area contributed by atoms with Gasteiger partial charge >= 0.3 is 0 Å². The number of rotatable bonds is 3. The van der Waals surface area contributed by atoms with Gasteiger partial charge in [-0.1, -0.05) is 6.92 Å². The molecular weight excluding hydrogens is 186 g/mol. The van der Waals surface area contributed by atoms with Gasteiger partial charge in [-0.2, -0.15) is 0 Å². The number of likely N-dealkylation sites (tertiary alicyclic amines) is 1. The van der Waals surface area contributed by atoms with Crippen LogP contribution in [0.4, 0.5) is 0 Å². The highest BCUT2D eigenvalue weighted by molar-refractivity contribution is 4.88. The summed E-state index contributed by atoms with van der Waals surface area (Å²) in [5, 5.41) is 0. The molecule has 0 spiro atoms. The first-order valence-corrected chi connectivity index (χ1v) is 6.36. The van der Waals surface area contributed by atoms with Crippen molar-refractivity contribution < 1.29 is 4.74 Å². The molecule has 0 bridgehead atoms. The molecule has 15 heavy (non-hydrogen) atoms. The van der Waals surface area contributed by atoms with Crippen molar-refractivity contribution in [2.24, 2.45) is 5.92 Å². The standard InChI is InChI=1S/C13H23NO/c1-11-7-9-14(10-8-11)12(2)15-13-5-3-4-6-13/h11,13H,2-10H2,1H3. The minimum absolute atomic E-state index is 0.455. The molecule has 1 aliphatic heterocycles. The Hall–Kier alpha value is -0.660. The highest BCUT2D eigenvalue weighted by atomic mass is 16.5. The van der Waals surface area contributed by atoms with Crippen LogP contribution >= 0.6 is 0 Å². The van der Waals surface area contributed by atoms with Gasteiger partial charge in [0.15, 0.2) is 5.88 Å². The van der Waals surface area contributed by atoms with E-state index in [4.69, 9.17) is 4.74 Å². The summed E-state index contributed by atoms with van der Waals surface area (Å²) in [4.78, 5) is 2.32. The van der Waals surface area contributed by atoms with Crippen LogP contribution in [0.3, 0.4) is 0 Å². The van der Waals surface area contributed by atoms with Crippen LogP contribution in [0.5, 0.6) is 0 Å². The number of piperidine rings is 1. The number of hydrogen-bond donors (Lipinski definition) is 0. The normalized spacial score (nSPS) is 24.5. The Morgan fingerprint density at radius 1 is 1.13 bits per heavy atom. The second kappa shape index (κ2) is 4.91. The quantitative estimate of drug-likeness (QED) is 0.662. The lowest BCUT2D eigenvalue weighted by Crippen LogP contribution is -2.33. The van der Waals surface area contributed by atoms with Crippen molar-refractivity contribution in [1.82, 2.24) is 4.90 Å². The summed E-state index contributed by atoms with van der Waals surface area (Å²) in [7, 11) is 0. The largest absolute Gasteiger partial charge is 0.476 e. The molecular formula is C13H23NO. The Kier molecular flexibility index (Phi) is 3.55. The maximum Gasteiger partial charge on any atom is 0.182 e. The van der Waals surface area contributed by atoms with Crippen molar-refractivity contribution >= 4 is 0 Å². The maximum absolute atomic E-state index is 5.92. The fourth-order valence-electron chi connectivity index (χ4n) is 2.53. The van der Waals surface area contributed by atoms with E-state index in [2.05, 4.69) is 18.4 Å². The van der Waals surface area contributed by atoms with Gasteiger partial charge in [0, 0.05) is 13.1 Å². The molecule has 1 aliphatic carbocycles. The maximum atomic E-state index is 5.92. The van der Waals surface area contributed by atoms with Gasteiger partial charge in [0.1, 0.15) is 6.10 Å². The zero-order valence-corrected chi connectivity index (χ0v) is 9.87. The fraction of sp³-hybridized carbons (Fsp3) is 0.846. The van der Waals surface area contributed by atoms with Crippen molar-refractivity contribution in [2.75, 3.05) is 13.1 Å². The summed E-state index contributed by atoms with van der Waals surface area (Å²) in [5.74, 6) is 1.80. The SMILES string of the molecule is C=C(OC1CCCC1)N1CCC(C)CC1. The van der Waals surface area contributed by atoms with Gasteiger partial charge in [-0.3, -0.25) is 0 Å². The molecule has 1 heterocycles. The second-order valence-electron chi connectivity index (χ2n) is 5.09. The third kappa shape index (κ3) is 2.90. The Balaban J connectivity index is 1.75. The van der Waals surface area contributed by atoms with Crippen molar-refractivity contribution in [2.45, 2.75) is 51.6 Å². The van der Waals surface area contributed by atoms with Gasteiger partial charge in [-0.15, -0.1) is 0 Å². The molecule has 1 saturated heterocycles. The van der Waals surface area contributed by atoms with Crippen molar-refractivity contribution in [3.63, 3.8) is 0 Å². The summed E-state index contributed by atoms with van der Waals surface area (Å²) < 4.78 is 5.92. The fourth-order valence-corrected chi connectivity index (χ4v) is 2.53. The van der Waals surface area contributed by atoms with E-state index in [-0.39, 0.29) is 0 Å². The third-order valence-electron chi connectivity index (χ3n) is 3.74. The molecule has 0 radical (unpaired) electrons. The van der Waals surface area contributed by atoms with E-state index in [0.717, 1.165) is 24.9 Å². The van der Waals surface area contributed by atoms with E-state index in [0.29, 0.717) is 6.10 Å². The Morgan fingerprint density at radius 3 is 2.33 bits per heavy atom. The van der Waals surface area contributed by atoms with Crippen molar-refractivity contribution in [1.29, 1.82) is 0 Å². The molecule has 1 saturated carbocycles. The average molecular weight is 209 g/mol. The molecule has 0 N–H and O–H groups in total.